The molecule has 82 valence electrons. The van der Waals surface area contributed by atoms with Crippen molar-refractivity contribution in [2.24, 2.45) is 0 Å². The normalized spacial score (nSPS) is 34.6. The van der Waals surface area contributed by atoms with Crippen LogP contribution in [0.25, 0.3) is 0 Å². The highest BCUT2D eigenvalue weighted by molar-refractivity contribution is 8.00. The van der Waals surface area contributed by atoms with Crippen molar-refractivity contribution in [2.75, 3.05) is 5.75 Å². The van der Waals surface area contributed by atoms with E-state index < -0.39 is 0 Å². The minimum atomic E-state index is 0.286. The molecule has 2 aliphatic rings. The Balaban J connectivity index is 1.95. The Morgan fingerprint density at radius 1 is 1.60 bits per heavy atom. The summed E-state index contributed by atoms with van der Waals surface area (Å²) in [5, 5.41) is 6.13. The highest BCUT2D eigenvalue weighted by atomic mass is 32.2. The van der Waals surface area contributed by atoms with Crippen LogP contribution >= 0.6 is 23.1 Å². The first-order valence-electron chi connectivity index (χ1n) is 5.82. The lowest BCUT2D eigenvalue weighted by atomic mass is 9.92. The summed E-state index contributed by atoms with van der Waals surface area (Å²) in [5.41, 5.74) is 1.60. The van der Waals surface area contributed by atoms with Crippen molar-refractivity contribution >= 4 is 23.1 Å². The summed E-state index contributed by atoms with van der Waals surface area (Å²) in [5.74, 6) is 1.28. The number of aryl methyl sites for hydroxylation is 1. The standard InChI is InChI=1S/C12H17NS2/c1-2-9-8-15-12(13-9)6-3-4-11-10(12)5-7-14-11/h5,7,9,13H,2-4,6,8H2,1H3. The maximum atomic E-state index is 3.87. The number of nitrogens with one attached hydrogen (secondary N) is 1. The van der Waals surface area contributed by atoms with Crippen molar-refractivity contribution in [1.82, 2.24) is 5.32 Å². The van der Waals surface area contributed by atoms with Gasteiger partial charge in [-0.3, -0.25) is 5.32 Å². The molecule has 2 heterocycles. The first kappa shape index (κ1) is 10.2. The fourth-order valence-corrected chi connectivity index (χ4v) is 5.46. The molecule has 1 nitrogen and oxygen atoms in total. The van der Waals surface area contributed by atoms with Crippen LogP contribution in [0.5, 0.6) is 0 Å². The van der Waals surface area contributed by atoms with E-state index in [1.165, 1.54) is 31.4 Å². The third-order valence-corrected chi connectivity index (χ3v) is 6.16. The fourth-order valence-electron chi connectivity index (χ4n) is 2.70. The van der Waals surface area contributed by atoms with Gasteiger partial charge >= 0.3 is 0 Å². The van der Waals surface area contributed by atoms with E-state index in [9.17, 15) is 0 Å². The van der Waals surface area contributed by atoms with Crippen molar-refractivity contribution in [2.45, 2.75) is 43.5 Å². The molecule has 1 aromatic rings. The largest absolute Gasteiger partial charge is 0.295 e. The molecule has 0 saturated carbocycles. The number of fused-ring (bicyclic) bond motifs is 2. The second-order valence-electron chi connectivity index (χ2n) is 4.50. The van der Waals surface area contributed by atoms with Gasteiger partial charge in [0, 0.05) is 16.7 Å². The molecule has 3 heteroatoms. The molecule has 0 amide bonds. The molecular weight excluding hydrogens is 222 g/mol. The van der Waals surface area contributed by atoms with Crippen molar-refractivity contribution in [1.29, 1.82) is 0 Å². The van der Waals surface area contributed by atoms with Gasteiger partial charge < -0.3 is 0 Å². The van der Waals surface area contributed by atoms with Gasteiger partial charge in [-0.1, -0.05) is 6.92 Å². The van der Waals surface area contributed by atoms with E-state index in [4.69, 9.17) is 0 Å². The SMILES string of the molecule is CCC1CSC2(CCCc3sccc32)N1. The third kappa shape index (κ3) is 1.56. The van der Waals surface area contributed by atoms with E-state index in [1.54, 1.807) is 10.4 Å². The molecule has 1 aromatic heterocycles. The van der Waals surface area contributed by atoms with Gasteiger partial charge in [-0.2, -0.15) is 0 Å². The molecule has 1 saturated heterocycles. The van der Waals surface area contributed by atoms with Gasteiger partial charge in [0.1, 0.15) is 0 Å². The summed E-state index contributed by atoms with van der Waals surface area (Å²) in [7, 11) is 0. The Morgan fingerprint density at radius 3 is 3.33 bits per heavy atom. The van der Waals surface area contributed by atoms with E-state index in [2.05, 4.69) is 35.4 Å². The quantitative estimate of drug-likeness (QED) is 0.806. The topological polar surface area (TPSA) is 12.0 Å². The summed E-state index contributed by atoms with van der Waals surface area (Å²) in [4.78, 5) is 1.91. The number of rotatable bonds is 1. The van der Waals surface area contributed by atoms with E-state index in [-0.39, 0.29) is 4.87 Å². The van der Waals surface area contributed by atoms with E-state index in [0.29, 0.717) is 0 Å². The van der Waals surface area contributed by atoms with Gasteiger partial charge in [-0.05, 0) is 42.7 Å². The van der Waals surface area contributed by atoms with Crippen LogP contribution in [0.3, 0.4) is 0 Å². The lowest BCUT2D eigenvalue weighted by Crippen LogP contribution is -2.41. The monoisotopic (exact) mass is 239 g/mol. The van der Waals surface area contributed by atoms with Gasteiger partial charge in [0.25, 0.3) is 0 Å². The second-order valence-corrected chi connectivity index (χ2v) is 6.82. The fraction of sp³-hybridized carbons (Fsp3) is 0.667. The molecule has 0 bridgehead atoms. The molecular formula is C12H17NS2. The Hall–Kier alpha value is 0.01000. The predicted molar refractivity (Wildman–Crippen MR) is 68.6 cm³/mol. The highest BCUT2D eigenvalue weighted by Crippen LogP contribution is 2.49. The number of thioether (sulfide) groups is 1. The summed E-state index contributed by atoms with van der Waals surface area (Å²) in [6, 6.07) is 3.07. The van der Waals surface area contributed by atoms with Crippen molar-refractivity contribution in [3.63, 3.8) is 0 Å². The molecule has 0 aromatic carbocycles. The molecule has 1 N–H and O–H groups in total. The number of thiophene rings is 1. The summed E-state index contributed by atoms with van der Waals surface area (Å²) in [6.07, 6.45) is 5.23. The van der Waals surface area contributed by atoms with Gasteiger partial charge in [0.15, 0.2) is 0 Å². The van der Waals surface area contributed by atoms with Crippen LogP contribution in [0, 0.1) is 0 Å². The van der Waals surface area contributed by atoms with Crippen molar-refractivity contribution < 1.29 is 0 Å². The zero-order chi connectivity index (χ0) is 10.3. The molecule has 15 heavy (non-hydrogen) atoms. The average Bonchev–Trinajstić information content (AvgIpc) is 2.86. The molecule has 3 rings (SSSR count). The molecule has 2 atom stereocenters. The first-order valence-corrected chi connectivity index (χ1v) is 7.69. The van der Waals surface area contributed by atoms with Crippen LogP contribution in [0.1, 0.15) is 36.6 Å². The van der Waals surface area contributed by atoms with Crippen molar-refractivity contribution in [3.05, 3.63) is 21.9 Å². The first-order chi connectivity index (χ1) is 7.34. The summed E-state index contributed by atoms with van der Waals surface area (Å²) >= 11 is 4.08. The van der Waals surface area contributed by atoms with Gasteiger partial charge in [-0.25, -0.2) is 0 Å². The van der Waals surface area contributed by atoms with Crippen LogP contribution in [0.4, 0.5) is 0 Å². The number of hydrogen-bond acceptors (Lipinski definition) is 3. The minimum absolute atomic E-state index is 0.286. The number of hydrogen-bond donors (Lipinski definition) is 1. The highest BCUT2D eigenvalue weighted by Gasteiger charge is 2.43. The van der Waals surface area contributed by atoms with E-state index in [1.807, 2.05) is 11.3 Å². The Labute approximate surface area is 99.7 Å². The molecule has 1 aliphatic heterocycles. The Kier molecular flexibility index (Phi) is 2.57. The Bertz CT molecular complexity index is 360. The molecule has 1 aliphatic carbocycles. The maximum Gasteiger partial charge on any atom is 0.0915 e. The van der Waals surface area contributed by atoms with Crippen molar-refractivity contribution in [3.8, 4) is 0 Å². The molecule has 1 spiro atoms. The zero-order valence-electron chi connectivity index (χ0n) is 9.08. The predicted octanol–water partition coefficient (Wildman–Crippen LogP) is 3.35. The van der Waals surface area contributed by atoms with Crippen LogP contribution in [-0.2, 0) is 11.3 Å². The maximum absolute atomic E-state index is 3.87. The summed E-state index contributed by atoms with van der Waals surface area (Å²) < 4.78 is 0. The lowest BCUT2D eigenvalue weighted by molar-refractivity contribution is 0.394. The molecule has 2 unspecified atom stereocenters. The Morgan fingerprint density at radius 2 is 2.53 bits per heavy atom. The summed E-state index contributed by atoms with van der Waals surface area (Å²) in [6.45, 7) is 2.29. The smallest absolute Gasteiger partial charge is 0.0915 e. The van der Waals surface area contributed by atoms with Gasteiger partial charge in [-0.15, -0.1) is 23.1 Å². The minimum Gasteiger partial charge on any atom is -0.295 e. The molecule has 1 fully saturated rings. The van der Waals surface area contributed by atoms with Crippen LogP contribution < -0.4 is 5.32 Å². The van der Waals surface area contributed by atoms with Crippen LogP contribution in [0.2, 0.25) is 0 Å². The second kappa shape index (κ2) is 3.79. The van der Waals surface area contributed by atoms with Gasteiger partial charge in [0.05, 0.1) is 4.87 Å². The lowest BCUT2D eigenvalue weighted by Gasteiger charge is -2.34. The third-order valence-electron chi connectivity index (χ3n) is 3.57. The zero-order valence-corrected chi connectivity index (χ0v) is 10.7. The van der Waals surface area contributed by atoms with Crippen LogP contribution in [-0.4, -0.2) is 11.8 Å². The van der Waals surface area contributed by atoms with E-state index in [0.717, 1.165) is 6.04 Å². The van der Waals surface area contributed by atoms with E-state index >= 15 is 0 Å². The van der Waals surface area contributed by atoms with Crippen LogP contribution in [0.15, 0.2) is 11.4 Å². The van der Waals surface area contributed by atoms with Gasteiger partial charge in [0.2, 0.25) is 0 Å². The molecule has 0 radical (unpaired) electrons. The average molecular weight is 239 g/mol.